The zero-order chi connectivity index (χ0) is 14.4. The van der Waals surface area contributed by atoms with E-state index in [1.165, 1.54) is 4.90 Å². The zero-order valence-electron chi connectivity index (χ0n) is 11.6. The molecule has 3 atom stereocenters. The molecule has 3 N–H and O–H groups in total. The van der Waals surface area contributed by atoms with Crippen molar-refractivity contribution in [3.63, 3.8) is 0 Å². The Labute approximate surface area is 112 Å². The molecule has 6 heteroatoms. The molecule has 2 fully saturated rings. The number of carbonyl (C=O) groups excluding carboxylic acids is 3. The Morgan fingerprint density at radius 3 is 2.37 bits per heavy atom. The predicted octanol–water partition coefficient (Wildman–Crippen LogP) is -0.377. The van der Waals surface area contributed by atoms with Crippen LogP contribution in [0.3, 0.4) is 0 Å². The number of imide groups is 1. The number of nitrogens with two attached hydrogens (primary N) is 1. The van der Waals surface area contributed by atoms with E-state index in [0.717, 1.165) is 0 Å². The van der Waals surface area contributed by atoms with E-state index in [2.05, 4.69) is 5.32 Å². The molecule has 1 saturated heterocycles. The van der Waals surface area contributed by atoms with Crippen molar-refractivity contribution in [2.24, 2.45) is 17.6 Å². The summed E-state index contributed by atoms with van der Waals surface area (Å²) >= 11 is 0. The number of fused-ring (bicyclic) bond motifs is 1. The van der Waals surface area contributed by atoms with Gasteiger partial charge in [-0.3, -0.25) is 19.3 Å². The molecule has 0 aromatic carbocycles. The van der Waals surface area contributed by atoms with Crippen molar-refractivity contribution in [3.05, 3.63) is 0 Å². The molecule has 1 aliphatic heterocycles. The van der Waals surface area contributed by atoms with Crippen LogP contribution in [0.2, 0.25) is 0 Å². The van der Waals surface area contributed by atoms with Crippen LogP contribution < -0.4 is 11.1 Å². The fourth-order valence-electron chi connectivity index (χ4n) is 2.71. The number of hydrogen-bond donors (Lipinski definition) is 2. The van der Waals surface area contributed by atoms with E-state index in [1.54, 1.807) is 6.92 Å². The van der Waals surface area contributed by atoms with Crippen LogP contribution in [-0.2, 0) is 14.4 Å². The molecule has 0 aromatic heterocycles. The maximum absolute atomic E-state index is 11.8. The summed E-state index contributed by atoms with van der Waals surface area (Å²) in [5.74, 6) is -0.834. The lowest BCUT2D eigenvalue weighted by Gasteiger charge is -2.31. The lowest BCUT2D eigenvalue weighted by Crippen LogP contribution is -2.57. The molecule has 0 radical (unpaired) electrons. The number of rotatable bonds is 6. The smallest absolute Gasteiger partial charge is 0.237 e. The molecule has 19 heavy (non-hydrogen) atoms. The third-order valence-corrected chi connectivity index (χ3v) is 3.94. The first kappa shape index (κ1) is 14.0. The van der Waals surface area contributed by atoms with Gasteiger partial charge in [-0.1, -0.05) is 0 Å². The third-order valence-electron chi connectivity index (χ3n) is 3.94. The molecule has 1 heterocycles. The van der Waals surface area contributed by atoms with Crippen LogP contribution in [0, 0.1) is 11.8 Å². The van der Waals surface area contributed by atoms with Gasteiger partial charge in [0.05, 0.1) is 17.4 Å². The summed E-state index contributed by atoms with van der Waals surface area (Å²) < 4.78 is 0. The molecule has 6 nitrogen and oxygen atoms in total. The minimum absolute atomic E-state index is 0.0913. The molecule has 0 bridgehead atoms. The highest BCUT2D eigenvalue weighted by atomic mass is 16.2. The van der Waals surface area contributed by atoms with Gasteiger partial charge < -0.3 is 11.1 Å². The maximum atomic E-state index is 11.8. The largest absolute Gasteiger partial charge is 0.368 e. The van der Waals surface area contributed by atoms with Gasteiger partial charge in [0.25, 0.3) is 0 Å². The summed E-state index contributed by atoms with van der Waals surface area (Å²) in [5.41, 5.74) is 4.52. The van der Waals surface area contributed by atoms with Crippen LogP contribution in [0.15, 0.2) is 0 Å². The van der Waals surface area contributed by atoms with Gasteiger partial charge in [0.2, 0.25) is 17.7 Å². The Morgan fingerprint density at radius 2 is 1.95 bits per heavy atom. The SMILES string of the molecule is CC(C)NC(C)(CCN1C(=O)C2CC2C1=O)C(N)=O. The highest BCUT2D eigenvalue weighted by Gasteiger charge is 2.58. The first-order valence-electron chi connectivity index (χ1n) is 6.69. The molecule has 1 aliphatic carbocycles. The normalized spacial score (nSPS) is 28.5. The monoisotopic (exact) mass is 267 g/mol. The number of nitrogens with zero attached hydrogens (tertiary/aromatic N) is 1. The predicted molar refractivity (Wildman–Crippen MR) is 68.8 cm³/mol. The Balaban J connectivity index is 1.98. The quantitative estimate of drug-likeness (QED) is 0.642. The Hall–Kier alpha value is -1.43. The lowest BCUT2D eigenvalue weighted by molar-refractivity contribution is -0.142. The number of piperidine rings is 1. The van der Waals surface area contributed by atoms with E-state index in [1.807, 2.05) is 13.8 Å². The summed E-state index contributed by atoms with van der Waals surface area (Å²) in [6, 6.07) is 0.0934. The summed E-state index contributed by atoms with van der Waals surface area (Å²) in [4.78, 5) is 36.5. The number of carbonyl (C=O) groups is 3. The van der Waals surface area contributed by atoms with Crippen LogP contribution in [0.1, 0.15) is 33.6 Å². The second kappa shape index (κ2) is 4.59. The number of primary amides is 1. The molecular formula is C13H21N3O3. The Morgan fingerprint density at radius 1 is 1.42 bits per heavy atom. The molecular weight excluding hydrogens is 246 g/mol. The van der Waals surface area contributed by atoms with E-state index in [0.29, 0.717) is 12.8 Å². The highest BCUT2D eigenvalue weighted by Crippen LogP contribution is 2.47. The fourth-order valence-corrected chi connectivity index (χ4v) is 2.71. The van der Waals surface area contributed by atoms with Gasteiger partial charge in [-0.25, -0.2) is 0 Å². The number of hydrogen-bond acceptors (Lipinski definition) is 4. The first-order valence-corrected chi connectivity index (χ1v) is 6.69. The number of likely N-dealkylation sites (tertiary alicyclic amines) is 1. The number of amides is 3. The third kappa shape index (κ3) is 2.49. The standard InChI is InChI=1S/C13H21N3O3/c1-7(2)15-13(3,12(14)19)4-5-16-10(17)8-6-9(8)11(16)18/h7-9,15H,4-6H2,1-3H3,(H2,14,19). The minimum atomic E-state index is -0.901. The zero-order valence-corrected chi connectivity index (χ0v) is 11.6. The van der Waals surface area contributed by atoms with Crippen molar-refractivity contribution < 1.29 is 14.4 Å². The summed E-state index contributed by atoms with van der Waals surface area (Å²) in [5, 5.41) is 3.11. The molecule has 2 aliphatic rings. The summed E-state index contributed by atoms with van der Waals surface area (Å²) in [6.45, 7) is 5.80. The fraction of sp³-hybridized carbons (Fsp3) is 0.769. The average molecular weight is 267 g/mol. The van der Waals surface area contributed by atoms with E-state index in [9.17, 15) is 14.4 Å². The lowest BCUT2D eigenvalue weighted by atomic mass is 9.95. The van der Waals surface area contributed by atoms with Crippen LogP contribution in [0.5, 0.6) is 0 Å². The maximum Gasteiger partial charge on any atom is 0.237 e. The molecule has 2 rings (SSSR count). The second-order valence-electron chi connectivity index (χ2n) is 6.02. The Kier molecular flexibility index (Phi) is 3.38. The number of nitrogens with one attached hydrogen (secondary N) is 1. The van der Waals surface area contributed by atoms with Gasteiger partial charge in [-0.05, 0) is 33.6 Å². The van der Waals surface area contributed by atoms with E-state index >= 15 is 0 Å². The van der Waals surface area contributed by atoms with Crippen LogP contribution >= 0.6 is 0 Å². The molecule has 1 saturated carbocycles. The topological polar surface area (TPSA) is 92.5 Å². The molecule has 106 valence electrons. The Bertz CT molecular complexity index is 415. The molecule has 3 unspecified atom stereocenters. The first-order chi connectivity index (χ1) is 8.76. The van der Waals surface area contributed by atoms with Gasteiger partial charge in [0.1, 0.15) is 0 Å². The van der Waals surface area contributed by atoms with E-state index in [-0.39, 0.29) is 36.2 Å². The molecule has 0 spiro atoms. The van der Waals surface area contributed by atoms with Gasteiger partial charge in [0, 0.05) is 12.6 Å². The minimum Gasteiger partial charge on any atom is -0.368 e. The van der Waals surface area contributed by atoms with Gasteiger partial charge in [0.15, 0.2) is 0 Å². The van der Waals surface area contributed by atoms with E-state index in [4.69, 9.17) is 5.73 Å². The van der Waals surface area contributed by atoms with Crippen molar-refractivity contribution in [2.75, 3.05) is 6.54 Å². The second-order valence-corrected chi connectivity index (χ2v) is 6.02. The van der Waals surface area contributed by atoms with Crippen molar-refractivity contribution in [1.82, 2.24) is 10.2 Å². The average Bonchev–Trinajstić information content (AvgIpc) is 3.02. The van der Waals surface area contributed by atoms with Crippen LogP contribution in [0.4, 0.5) is 0 Å². The van der Waals surface area contributed by atoms with Gasteiger partial charge >= 0.3 is 0 Å². The summed E-state index contributed by atoms with van der Waals surface area (Å²) in [7, 11) is 0. The summed E-state index contributed by atoms with van der Waals surface area (Å²) in [6.07, 6.45) is 1.04. The van der Waals surface area contributed by atoms with Crippen LogP contribution in [-0.4, -0.2) is 40.7 Å². The molecule has 3 amide bonds. The van der Waals surface area contributed by atoms with Gasteiger partial charge in [-0.15, -0.1) is 0 Å². The molecule has 0 aromatic rings. The van der Waals surface area contributed by atoms with Gasteiger partial charge in [-0.2, -0.15) is 0 Å². The van der Waals surface area contributed by atoms with Crippen molar-refractivity contribution in [3.8, 4) is 0 Å². The van der Waals surface area contributed by atoms with Crippen molar-refractivity contribution >= 4 is 17.7 Å². The van der Waals surface area contributed by atoms with Crippen molar-refractivity contribution in [2.45, 2.75) is 45.2 Å². The highest BCUT2D eigenvalue weighted by molar-refractivity contribution is 6.08. The van der Waals surface area contributed by atoms with Crippen LogP contribution in [0.25, 0.3) is 0 Å². The van der Waals surface area contributed by atoms with Crippen molar-refractivity contribution in [1.29, 1.82) is 0 Å². The van der Waals surface area contributed by atoms with E-state index < -0.39 is 11.4 Å².